The highest BCUT2D eigenvalue weighted by Crippen LogP contribution is 2.29. The van der Waals surface area contributed by atoms with E-state index in [1.807, 2.05) is 18.2 Å². The van der Waals surface area contributed by atoms with Crippen LogP contribution in [0.5, 0.6) is 5.75 Å². The number of para-hydroxylation sites is 1. The van der Waals surface area contributed by atoms with Gasteiger partial charge in [-0.25, -0.2) is 4.39 Å². The molecule has 6 heteroatoms. The predicted molar refractivity (Wildman–Crippen MR) is 102 cm³/mol. The summed E-state index contributed by atoms with van der Waals surface area (Å²) in [6.07, 6.45) is 0. The van der Waals surface area contributed by atoms with Crippen LogP contribution in [0.25, 0.3) is 22.2 Å². The monoisotopic (exact) mass is 361 g/mol. The first-order chi connectivity index (χ1) is 13.2. The van der Waals surface area contributed by atoms with Gasteiger partial charge in [0.1, 0.15) is 11.6 Å². The van der Waals surface area contributed by atoms with Gasteiger partial charge in [0.15, 0.2) is 0 Å². The summed E-state index contributed by atoms with van der Waals surface area (Å²) in [6, 6.07) is 18.6. The number of aromatic amines is 1. The number of carbonyl (C=O) groups is 1. The lowest BCUT2D eigenvalue weighted by Crippen LogP contribution is -2.13. The van der Waals surface area contributed by atoms with Crippen LogP contribution >= 0.6 is 0 Å². The number of hydrogen-bond acceptors (Lipinski definition) is 3. The van der Waals surface area contributed by atoms with Crippen molar-refractivity contribution in [1.29, 1.82) is 0 Å². The molecule has 0 fully saturated rings. The number of nitrogens with one attached hydrogen (secondary N) is 2. The summed E-state index contributed by atoms with van der Waals surface area (Å²) in [5, 5.41) is 11.0. The molecule has 1 aromatic heterocycles. The molecule has 0 radical (unpaired) electrons. The van der Waals surface area contributed by atoms with E-state index in [9.17, 15) is 9.18 Å². The van der Waals surface area contributed by atoms with Gasteiger partial charge in [0, 0.05) is 16.6 Å². The van der Waals surface area contributed by atoms with Crippen LogP contribution in [-0.4, -0.2) is 23.2 Å². The molecule has 4 aromatic rings. The standard InChI is InChI=1S/C21H16FN3O2/c1-27-19-5-3-2-4-16(19)21(26)23-15-10-11-18-17(12-15)20(25-24-18)13-6-8-14(22)9-7-13/h2-12H,1H3,(H,23,26)(H,24,25). The number of halogens is 1. The van der Waals surface area contributed by atoms with E-state index in [1.54, 1.807) is 36.4 Å². The van der Waals surface area contributed by atoms with Crippen molar-refractivity contribution < 1.29 is 13.9 Å². The molecule has 134 valence electrons. The molecule has 0 unspecified atom stereocenters. The van der Waals surface area contributed by atoms with Crippen LogP contribution in [0.3, 0.4) is 0 Å². The molecule has 0 aliphatic rings. The maximum absolute atomic E-state index is 13.2. The number of rotatable bonds is 4. The fourth-order valence-electron chi connectivity index (χ4n) is 2.95. The Bertz CT molecular complexity index is 1120. The van der Waals surface area contributed by atoms with Gasteiger partial charge in [-0.1, -0.05) is 12.1 Å². The molecule has 27 heavy (non-hydrogen) atoms. The third-order valence-corrected chi connectivity index (χ3v) is 4.29. The Morgan fingerprint density at radius 3 is 2.63 bits per heavy atom. The van der Waals surface area contributed by atoms with Crippen molar-refractivity contribution in [3.05, 3.63) is 78.1 Å². The fraction of sp³-hybridized carbons (Fsp3) is 0.0476. The second-order valence-electron chi connectivity index (χ2n) is 5.99. The topological polar surface area (TPSA) is 67.0 Å². The van der Waals surface area contributed by atoms with Crippen molar-refractivity contribution in [3.63, 3.8) is 0 Å². The number of methoxy groups -OCH3 is 1. The van der Waals surface area contributed by atoms with Crippen LogP contribution in [0.4, 0.5) is 10.1 Å². The van der Waals surface area contributed by atoms with Crippen LogP contribution in [0, 0.1) is 5.82 Å². The molecule has 0 saturated heterocycles. The van der Waals surface area contributed by atoms with Gasteiger partial charge in [-0.15, -0.1) is 0 Å². The zero-order valence-electron chi connectivity index (χ0n) is 14.5. The summed E-state index contributed by atoms with van der Waals surface area (Å²) in [4.78, 5) is 12.6. The number of amides is 1. The van der Waals surface area contributed by atoms with Crippen LogP contribution in [0.1, 0.15) is 10.4 Å². The van der Waals surface area contributed by atoms with Gasteiger partial charge in [0.25, 0.3) is 5.91 Å². The van der Waals surface area contributed by atoms with Crippen LogP contribution in [-0.2, 0) is 0 Å². The quantitative estimate of drug-likeness (QED) is 0.557. The maximum Gasteiger partial charge on any atom is 0.259 e. The summed E-state index contributed by atoms with van der Waals surface area (Å²) in [6.45, 7) is 0. The van der Waals surface area contributed by atoms with E-state index in [0.717, 1.165) is 16.5 Å². The molecule has 0 atom stereocenters. The minimum absolute atomic E-state index is 0.265. The Morgan fingerprint density at radius 1 is 1.07 bits per heavy atom. The number of aromatic nitrogens is 2. The van der Waals surface area contributed by atoms with Crippen molar-refractivity contribution in [2.24, 2.45) is 0 Å². The summed E-state index contributed by atoms with van der Waals surface area (Å²) in [7, 11) is 1.53. The third kappa shape index (κ3) is 3.25. The molecule has 5 nitrogen and oxygen atoms in total. The molecule has 1 amide bonds. The van der Waals surface area contributed by atoms with Crippen molar-refractivity contribution in [3.8, 4) is 17.0 Å². The van der Waals surface area contributed by atoms with E-state index in [1.165, 1.54) is 19.2 Å². The lowest BCUT2D eigenvalue weighted by molar-refractivity contribution is 0.102. The summed E-state index contributed by atoms with van der Waals surface area (Å²) < 4.78 is 18.4. The summed E-state index contributed by atoms with van der Waals surface area (Å²) in [5.41, 5.74) is 3.38. The first-order valence-corrected chi connectivity index (χ1v) is 8.34. The molecular weight excluding hydrogens is 345 g/mol. The van der Waals surface area contributed by atoms with Crippen LogP contribution < -0.4 is 10.1 Å². The zero-order chi connectivity index (χ0) is 18.8. The van der Waals surface area contributed by atoms with Gasteiger partial charge in [-0.2, -0.15) is 5.10 Å². The lowest BCUT2D eigenvalue weighted by atomic mass is 10.1. The van der Waals surface area contributed by atoms with E-state index in [0.29, 0.717) is 22.7 Å². The first-order valence-electron chi connectivity index (χ1n) is 8.34. The second kappa shape index (κ2) is 6.92. The molecule has 0 bridgehead atoms. The number of fused-ring (bicyclic) bond motifs is 1. The number of H-pyrrole nitrogens is 1. The number of anilines is 1. The van der Waals surface area contributed by atoms with E-state index in [2.05, 4.69) is 15.5 Å². The second-order valence-corrected chi connectivity index (χ2v) is 5.99. The van der Waals surface area contributed by atoms with Crippen molar-refractivity contribution >= 4 is 22.5 Å². The van der Waals surface area contributed by atoms with E-state index >= 15 is 0 Å². The lowest BCUT2D eigenvalue weighted by Gasteiger charge is -2.09. The Balaban J connectivity index is 1.68. The number of carbonyl (C=O) groups excluding carboxylic acids is 1. The molecular formula is C21H16FN3O2. The molecule has 0 aliphatic heterocycles. The average molecular weight is 361 g/mol. The number of hydrogen-bond donors (Lipinski definition) is 2. The number of benzene rings is 3. The largest absolute Gasteiger partial charge is 0.496 e. The number of ether oxygens (including phenoxy) is 1. The highest BCUT2D eigenvalue weighted by atomic mass is 19.1. The van der Waals surface area contributed by atoms with Gasteiger partial charge < -0.3 is 10.1 Å². The summed E-state index contributed by atoms with van der Waals surface area (Å²) in [5.74, 6) is -0.0617. The molecule has 4 rings (SSSR count). The van der Waals surface area contributed by atoms with Gasteiger partial charge in [0.05, 0.1) is 23.9 Å². The predicted octanol–water partition coefficient (Wildman–Crippen LogP) is 4.63. The SMILES string of the molecule is COc1ccccc1C(=O)Nc1ccc2[nH]nc(-c3ccc(F)cc3)c2c1. The Morgan fingerprint density at radius 2 is 1.85 bits per heavy atom. The minimum atomic E-state index is -0.302. The van der Waals surface area contributed by atoms with E-state index in [-0.39, 0.29) is 11.7 Å². The first kappa shape index (κ1) is 16.8. The smallest absolute Gasteiger partial charge is 0.259 e. The highest BCUT2D eigenvalue weighted by molar-refractivity contribution is 6.07. The van der Waals surface area contributed by atoms with Crippen molar-refractivity contribution in [2.75, 3.05) is 12.4 Å². The van der Waals surface area contributed by atoms with E-state index < -0.39 is 0 Å². The highest BCUT2D eigenvalue weighted by Gasteiger charge is 2.13. The zero-order valence-corrected chi connectivity index (χ0v) is 14.5. The van der Waals surface area contributed by atoms with Crippen LogP contribution in [0.15, 0.2) is 66.7 Å². The Kier molecular flexibility index (Phi) is 4.30. The Labute approximate surface area is 154 Å². The molecule has 2 N–H and O–H groups in total. The molecule has 0 aliphatic carbocycles. The molecule has 0 saturated carbocycles. The van der Waals surface area contributed by atoms with E-state index in [4.69, 9.17) is 4.74 Å². The summed E-state index contributed by atoms with van der Waals surface area (Å²) >= 11 is 0. The van der Waals surface area contributed by atoms with Gasteiger partial charge in [-0.3, -0.25) is 9.89 Å². The Hall–Kier alpha value is -3.67. The van der Waals surface area contributed by atoms with Crippen LogP contribution in [0.2, 0.25) is 0 Å². The van der Waals surface area contributed by atoms with Gasteiger partial charge in [-0.05, 0) is 54.6 Å². The normalized spacial score (nSPS) is 10.7. The molecule has 1 heterocycles. The number of nitrogens with zero attached hydrogens (tertiary/aromatic N) is 1. The minimum Gasteiger partial charge on any atom is -0.496 e. The van der Waals surface area contributed by atoms with Crippen molar-refractivity contribution in [2.45, 2.75) is 0 Å². The van der Waals surface area contributed by atoms with Gasteiger partial charge in [0.2, 0.25) is 0 Å². The third-order valence-electron chi connectivity index (χ3n) is 4.29. The molecule has 3 aromatic carbocycles. The molecule has 0 spiro atoms. The maximum atomic E-state index is 13.2. The fourth-order valence-corrected chi connectivity index (χ4v) is 2.95. The van der Waals surface area contributed by atoms with Gasteiger partial charge >= 0.3 is 0 Å². The van der Waals surface area contributed by atoms with Crippen molar-refractivity contribution in [1.82, 2.24) is 10.2 Å². The average Bonchev–Trinajstić information content (AvgIpc) is 3.11.